The van der Waals surface area contributed by atoms with Gasteiger partial charge in [-0.3, -0.25) is 0 Å². The molecule has 1 aliphatic heterocycles. The number of likely N-dealkylation sites (tertiary alicyclic amines) is 1. The first kappa shape index (κ1) is 18.1. The Labute approximate surface area is 153 Å². The fourth-order valence-corrected chi connectivity index (χ4v) is 3.14. The zero-order valence-electron chi connectivity index (χ0n) is 15.6. The summed E-state index contributed by atoms with van der Waals surface area (Å²) in [6, 6.07) is 6.95. The standard InChI is InChI=1S/C19H25N3O4/c1-12(2)14-11-18(26-21-14)16-6-5-9-22(16)19(23)20-15-10-13(24-3)7-8-17(15)25-4/h7-8,10-12,16H,5-6,9H2,1-4H3,(H,20,23)/t16-/m1/s1. The number of benzene rings is 1. The van der Waals surface area contributed by atoms with Crippen LogP contribution in [0.3, 0.4) is 0 Å². The molecule has 7 heteroatoms. The van der Waals surface area contributed by atoms with Gasteiger partial charge in [-0.25, -0.2) is 4.79 Å². The third-order valence-electron chi connectivity index (χ3n) is 4.63. The van der Waals surface area contributed by atoms with Crippen LogP contribution >= 0.6 is 0 Å². The van der Waals surface area contributed by atoms with E-state index in [4.69, 9.17) is 14.0 Å². The predicted octanol–water partition coefficient (Wildman–Crippen LogP) is 4.18. The average Bonchev–Trinajstić information content (AvgIpc) is 3.30. The number of hydrogen-bond acceptors (Lipinski definition) is 5. The number of urea groups is 1. The van der Waals surface area contributed by atoms with Gasteiger partial charge in [0, 0.05) is 18.7 Å². The highest BCUT2D eigenvalue weighted by molar-refractivity contribution is 5.91. The summed E-state index contributed by atoms with van der Waals surface area (Å²) in [6.45, 7) is 4.80. The van der Waals surface area contributed by atoms with Crippen LogP contribution < -0.4 is 14.8 Å². The van der Waals surface area contributed by atoms with Crippen molar-refractivity contribution in [3.05, 3.63) is 35.7 Å². The summed E-state index contributed by atoms with van der Waals surface area (Å²) >= 11 is 0. The van der Waals surface area contributed by atoms with Crippen molar-refractivity contribution in [1.29, 1.82) is 0 Å². The number of carbonyl (C=O) groups excluding carboxylic acids is 1. The third-order valence-corrected chi connectivity index (χ3v) is 4.63. The second-order valence-electron chi connectivity index (χ2n) is 6.66. The van der Waals surface area contributed by atoms with E-state index in [1.165, 1.54) is 0 Å². The number of carbonyl (C=O) groups is 1. The van der Waals surface area contributed by atoms with Gasteiger partial charge in [-0.15, -0.1) is 0 Å². The maximum absolute atomic E-state index is 12.9. The second kappa shape index (κ2) is 7.68. The first-order chi connectivity index (χ1) is 12.5. The topological polar surface area (TPSA) is 76.8 Å². The van der Waals surface area contributed by atoms with Gasteiger partial charge in [-0.05, 0) is 30.9 Å². The molecule has 1 aromatic heterocycles. The van der Waals surface area contributed by atoms with Crippen LogP contribution in [0.2, 0.25) is 0 Å². The van der Waals surface area contributed by atoms with Crippen molar-refractivity contribution in [3.63, 3.8) is 0 Å². The van der Waals surface area contributed by atoms with Crippen molar-refractivity contribution in [2.45, 2.75) is 38.6 Å². The maximum Gasteiger partial charge on any atom is 0.322 e. The van der Waals surface area contributed by atoms with Crippen LogP contribution in [-0.2, 0) is 0 Å². The number of anilines is 1. The number of aromatic nitrogens is 1. The molecule has 2 aromatic rings. The number of nitrogens with one attached hydrogen (secondary N) is 1. The van der Waals surface area contributed by atoms with Gasteiger partial charge in [0.2, 0.25) is 0 Å². The Balaban J connectivity index is 1.78. The molecule has 0 bridgehead atoms. The quantitative estimate of drug-likeness (QED) is 0.866. The fourth-order valence-electron chi connectivity index (χ4n) is 3.14. The van der Waals surface area contributed by atoms with Gasteiger partial charge < -0.3 is 24.2 Å². The lowest BCUT2D eigenvalue weighted by molar-refractivity contribution is 0.195. The maximum atomic E-state index is 12.9. The van der Waals surface area contributed by atoms with E-state index in [9.17, 15) is 4.79 Å². The first-order valence-electron chi connectivity index (χ1n) is 8.79. The molecule has 0 saturated carbocycles. The zero-order valence-corrected chi connectivity index (χ0v) is 15.6. The van der Waals surface area contributed by atoms with E-state index >= 15 is 0 Å². The normalized spacial score (nSPS) is 16.8. The van der Waals surface area contributed by atoms with Crippen LogP contribution in [0.1, 0.15) is 50.1 Å². The van der Waals surface area contributed by atoms with Gasteiger partial charge in [-0.1, -0.05) is 19.0 Å². The van der Waals surface area contributed by atoms with Crippen LogP contribution in [0.15, 0.2) is 28.8 Å². The van der Waals surface area contributed by atoms with Gasteiger partial charge in [0.15, 0.2) is 5.76 Å². The molecule has 0 unspecified atom stereocenters. The molecule has 1 N–H and O–H groups in total. The molecule has 1 fully saturated rings. The average molecular weight is 359 g/mol. The Hall–Kier alpha value is -2.70. The Morgan fingerprint density at radius 3 is 2.77 bits per heavy atom. The van der Waals surface area contributed by atoms with E-state index in [2.05, 4.69) is 24.3 Å². The van der Waals surface area contributed by atoms with Gasteiger partial charge in [0.05, 0.1) is 31.6 Å². The molecular formula is C19H25N3O4. The van der Waals surface area contributed by atoms with Crippen molar-refractivity contribution >= 4 is 11.7 Å². The lowest BCUT2D eigenvalue weighted by Gasteiger charge is -2.23. The van der Waals surface area contributed by atoms with E-state index in [1.807, 2.05) is 6.07 Å². The first-order valence-corrected chi connectivity index (χ1v) is 8.79. The summed E-state index contributed by atoms with van der Waals surface area (Å²) in [5.41, 5.74) is 1.48. The summed E-state index contributed by atoms with van der Waals surface area (Å²) in [6.07, 6.45) is 1.78. The minimum Gasteiger partial charge on any atom is -0.497 e. The number of amides is 2. The van der Waals surface area contributed by atoms with Gasteiger partial charge >= 0.3 is 6.03 Å². The third kappa shape index (κ3) is 3.61. The number of hydrogen-bond donors (Lipinski definition) is 1. The van der Waals surface area contributed by atoms with Gasteiger partial charge in [-0.2, -0.15) is 0 Å². The molecule has 0 aliphatic carbocycles. The molecule has 1 aliphatic rings. The summed E-state index contributed by atoms with van der Waals surface area (Å²) in [4.78, 5) is 14.6. The highest BCUT2D eigenvalue weighted by atomic mass is 16.5. The van der Waals surface area contributed by atoms with Crippen LogP contribution in [-0.4, -0.2) is 36.9 Å². The SMILES string of the molecule is COc1ccc(OC)c(NC(=O)N2CCC[C@@H]2c2cc(C(C)C)no2)c1. The Bertz CT molecular complexity index is 772. The van der Waals surface area contributed by atoms with Gasteiger partial charge in [0.25, 0.3) is 0 Å². The van der Waals surface area contributed by atoms with Crippen molar-refractivity contribution in [2.24, 2.45) is 0 Å². The van der Waals surface area contributed by atoms with Crippen LogP contribution in [0.4, 0.5) is 10.5 Å². The minimum absolute atomic E-state index is 0.105. The molecule has 1 aromatic carbocycles. The van der Waals surface area contributed by atoms with E-state index in [0.717, 1.165) is 24.3 Å². The molecular weight excluding hydrogens is 334 g/mol. The van der Waals surface area contributed by atoms with Crippen molar-refractivity contribution in [3.8, 4) is 11.5 Å². The Morgan fingerprint density at radius 1 is 1.31 bits per heavy atom. The largest absolute Gasteiger partial charge is 0.497 e. The number of methoxy groups -OCH3 is 2. The molecule has 2 amide bonds. The molecule has 140 valence electrons. The molecule has 26 heavy (non-hydrogen) atoms. The van der Waals surface area contributed by atoms with E-state index in [0.29, 0.717) is 23.7 Å². The Kier molecular flexibility index (Phi) is 5.35. The van der Waals surface area contributed by atoms with Crippen molar-refractivity contribution in [2.75, 3.05) is 26.1 Å². The highest BCUT2D eigenvalue weighted by Gasteiger charge is 2.33. The monoisotopic (exact) mass is 359 g/mol. The lowest BCUT2D eigenvalue weighted by Crippen LogP contribution is -2.34. The molecule has 3 rings (SSSR count). The number of ether oxygens (including phenoxy) is 2. The van der Waals surface area contributed by atoms with Crippen molar-refractivity contribution in [1.82, 2.24) is 10.1 Å². The van der Waals surface area contributed by atoms with E-state index in [1.54, 1.807) is 37.3 Å². The number of nitrogens with zero attached hydrogens (tertiary/aromatic N) is 2. The van der Waals surface area contributed by atoms with E-state index in [-0.39, 0.29) is 18.0 Å². The minimum atomic E-state index is -0.193. The second-order valence-corrected chi connectivity index (χ2v) is 6.66. The predicted molar refractivity (Wildman–Crippen MR) is 97.8 cm³/mol. The van der Waals surface area contributed by atoms with Crippen LogP contribution in [0.25, 0.3) is 0 Å². The summed E-state index contributed by atoms with van der Waals surface area (Å²) in [7, 11) is 3.15. The molecule has 1 saturated heterocycles. The van der Waals surface area contributed by atoms with Crippen LogP contribution in [0, 0.1) is 0 Å². The molecule has 0 spiro atoms. The Morgan fingerprint density at radius 2 is 2.12 bits per heavy atom. The summed E-state index contributed by atoms with van der Waals surface area (Å²) in [5, 5.41) is 7.05. The summed E-state index contributed by atoms with van der Waals surface area (Å²) < 4.78 is 16.1. The molecule has 7 nitrogen and oxygen atoms in total. The lowest BCUT2D eigenvalue weighted by atomic mass is 10.1. The highest BCUT2D eigenvalue weighted by Crippen LogP contribution is 2.35. The number of rotatable bonds is 5. The van der Waals surface area contributed by atoms with Gasteiger partial charge in [0.1, 0.15) is 11.5 Å². The smallest absolute Gasteiger partial charge is 0.322 e. The zero-order chi connectivity index (χ0) is 18.7. The van der Waals surface area contributed by atoms with Crippen LogP contribution in [0.5, 0.6) is 11.5 Å². The summed E-state index contributed by atoms with van der Waals surface area (Å²) in [5.74, 6) is 2.25. The van der Waals surface area contributed by atoms with E-state index < -0.39 is 0 Å². The van der Waals surface area contributed by atoms with Crippen molar-refractivity contribution < 1.29 is 18.8 Å². The molecule has 0 radical (unpaired) electrons. The molecule has 1 atom stereocenters. The fraction of sp³-hybridized carbons (Fsp3) is 0.474. The molecule has 2 heterocycles.